The first-order valence-electron chi connectivity index (χ1n) is 5.53. The monoisotopic (exact) mass is 291 g/mol. The van der Waals surface area contributed by atoms with Crippen LogP contribution in [0.1, 0.15) is 16.1 Å². The third-order valence-electron chi connectivity index (χ3n) is 2.34. The van der Waals surface area contributed by atoms with E-state index in [9.17, 15) is 15.0 Å². The van der Waals surface area contributed by atoms with Crippen LogP contribution in [0.4, 0.5) is 0 Å². The molecule has 3 N–H and O–H groups in total. The Morgan fingerprint density at radius 1 is 1.30 bits per heavy atom. The van der Waals surface area contributed by atoms with Gasteiger partial charge in [0.05, 0.1) is 6.21 Å². The lowest BCUT2D eigenvalue weighted by molar-refractivity contribution is 0.0950. The van der Waals surface area contributed by atoms with Crippen molar-refractivity contribution in [3.63, 3.8) is 0 Å². The van der Waals surface area contributed by atoms with E-state index in [0.29, 0.717) is 5.02 Å². The van der Waals surface area contributed by atoms with Gasteiger partial charge in [-0.05, 0) is 30.3 Å². The molecule has 0 spiro atoms. The van der Waals surface area contributed by atoms with E-state index in [1.54, 1.807) is 6.07 Å². The summed E-state index contributed by atoms with van der Waals surface area (Å²) < 4.78 is 0. The second-order valence-electron chi connectivity index (χ2n) is 3.80. The SMILES string of the molecule is O=C(N/N=C/c1cc(O)ccc1O)c1cc(Cl)ccn1. The molecule has 6 nitrogen and oxygen atoms in total. The maximum atomic E-state index is 11.7. The van der Waals surface area contributed by atoms with Gasteiger partial charge in [-0.25, -0.2) is 5.43 Å². The number of rotatable bonds is 3. The van der Waals surface area contributed by atoms with E-state index in [2.05, 4.69) is 15.5 Å². The Kier molecular flexibility index (Phi) is 4.17. The number of phenols is 2. The van der Waals surface area contributed by atoms with Crippen LogP contribution >= 0.6 is 11.6 Å². The van der Waals surface area contributed by atoms with Crippen molar-refractivity contribution in [2.45, 2.75) is 0 Å². The quantitative estimate of drug-likeness (QED) is 0.457. The predicted molar refractivity (Wildman–Crippen MR) is 74.1 cm³/mol. The molecule has 0 saturated heterocycles. The van der Waals surface area contributed by atoms with E-state index >= 15 is 0 Å². The Labute approximate surface area is 119 Å². The number of aromatic nitrogens is 1. The molecule has 1 heterocycles. The highest BCUT2D eigenvalue weighted by molar-refractivity contribution is 6.30. The van der Waals surface area contributed by atoms with Crippen LogP contribution in [-0.4, -0.2) is 27.3 Å². The number of carbonyl (C=O) groups is 1. The maximum absolute atomic E-state index is 11.7. The van der Waals surface area contributed by atoms with Gasteiger partial charge in [0.15, 0.2) is 0 Å². The highest BCUT2D eigenvalue weighted by Crippen LogP contribution is 2.19. The first-order valence-corrected chi connectivity index (χ1v) is 5.91. The van der Waals surface area contributed by atoms with Gasteiger partial charge >= 0.3 is 0 Å². The molecule has 0 radical (unpaired) electrons. The molecule has 2 aromatic rings. The second-order valence-corrected chi connectivity index (χ2v) is 4.24. The lowest BCUT2D eigenvalue weighted by Crippen LogP contribution is -2.18. The molecule has 102 valence electrons. The lowest BCUT2D eigenvalue weighted by Gasteiger charge is -2.01. The fourth-order valence-corrected chi connectivity index (χ4v) is 1.55. The zero-order valence-electron chi connectivity index (χ0n) is 10.1. The van der Waals surface area contributed by atoms with Crippen molar-refractivity contribution in [2.75, 3.05) is 0 Å². The van der Waals surface area contributed by atoms with Crippen LogP contribution in [0.3, 0.4) is 0 Å². The lowest BCUT2D eigenvalue weighted by atomic mass is 10.2. The van der Waals surface area contributed by atoms with Gasteiger partial charge in [0, 0.05) is 16.8 Å². The van der Waals surface area contributed by atoms with Crippen molar-refractivity contribution < 1.29 is 15.0 Å². The third-order valence-corrected chi connectivity index (χ3v) is 2.57. The molecular formula is C13H10ClN3O3. The van der Waals surface area contributed by atoms with Gasteiger partial charge in [0.25, 0.3) is 5.91 Å². The van der Waals surface area contributed by atoms with Gasteiger partial charge in [-0.1, -0.05) is 11.6 Å². The molecule has 20 heavy (non-hydrogen) atoms. The van der Waals surface area contributed by atoms with Crippen molar-refractivity contribution in [3.05, 3.63) is 52.8 Å². The number of carbonyl (C=O) groups excluding carboxylic acids is 1. The number of aromatic hydroxyl groups is 2. The zero-order valence-corrected chi connectivity index (χ0v) is 10.9. The Hall–Kier alpha value is -2.60. The van der Waals surface area contributed by atoms with E-state index < -0.39 is 5.91 Å². The number of nitrogens with one attached hydrogen (secondary N) is 1. The second kappa shape index (κ2) is 6.03. The van der Waals surface area contributed by atoms with Gasteiger partial charge in [-0.3, -0.25) is 9.78 Å². The molecule has 1 aromatic heterocycles. The predicted octanol–water partition coefficient (Wildman–Crippen LogP) is 1.91. The summed E-state index contributed by atoms with van der Waals surface area (Å²) >= 11 is 5.74. The van der Waals surface area contributed by atoms with E-state index in [-0.39, 0.29) is 22.8 Å². The van der Waals surface area contributed by atoms with E-state index in [4.69, 9.17) is 11.6 Å². The Morgan fingerprint density at radius 3 is 2.85 bits per heavy atom. The third kappa shape index (κ3) is 3.46. The van der Waals surface area contributed by atoms with Crippen molar-refractivity contribution in [1.82, 2.24) is 10.4 Å². The van der Waals surface area contributed by atoms with Gasteiger partial charge in [-0.15, -0.1) is 0 Å². The average molecular weight is 292 g/mol. The fourth-order valence-electron chi connectivity index (χ4n) is 1.39. The Balaban J connectivity index is 2.06. The number of amides is 1. The summed E-state index contributed by atoms with van der Waals surface area (Å²) in [5.41, 5.74) is 2.63. The van der Waals surface area contributed by atoms with Crippen LogP contribution in [-0.2, 0) is 0 Å². The van der Waals surface area contributed by atoms with Crippen molar-refractivity contribution in [1.29, 1.82) is 0 Å². The van der Waals surface area contributed by atoms with E-state index in [1.165, 1.54) is 36.7 Å². The molecule has 1 amide bonds. The summed E-state index contributed by atoms with van der Waals surface area (Å²) in [7, 11) is 0. The van der Waals surface area contributed by atoms with Gasteiger partial charge in [0.2, 0.25) is 0 Å². The summed E-state index contributed by atoms with van der Waals surface area (Å²) in [4.78, 5) is 15.5. The smallest absolute Gasteiger partial charge is 0.289 e. The van der Waals surface area contributed by atoms with E-state index in [0.717, 1.165) is 0 Å². The van der Waals surface area contributed by atoms with Crippen LogP contribution in [0.2, 0.25) is 5.02 Å². The van der Waals surface area contributed by atoms with E-state index in [1.807, 2.05) is 0 Å². The minimum absolute atomic E-state index is 0.0212. The van der Waals surface area contributed by atoms with Crippen molar-refractivity contribution >= 4 is 23.7 Å². The van der Waals surface area contributed by atoms with Crippen molar-refractivity contribution in [2.24, 2.45) is 5.10 Å². The molecule has 1 aromatic carbocycles. The number of benzene rings is 1. The minimum atomic E-state index is -0.539. The molecule has 0 aliphatic carbocycles. The Bertz CT molecular complexity index is 674. The number of hydrazone groups is 1. The minimum Gasteiger partial charge on any atom is -0.508 e. The topological polar surface area (TPSA) is 94.8 Å². The standard InChI is InChI=1S/C13H10ClN3O3/c14-9-3-4-15-11(6-9)13(20)17-16-7-8-5-10(18)1-2-12(8)19/h1-7,18-19H,(H,17,20)/b16-7+. The number of hydrogen-bond donors (Lipinski definition) is 3. The molecule has 0 fully saturated rings. The number of nitrogens with zero attached hydrogens (tertiary/aromatic N) is 2. The summed E-state index contributed by atoms with van der Waals surface area (Å²) in [6, 6.07) is 6.91. The van der Waals surface area contributed by atoms with Crippen LogP contribution in [0.5, 0.6) is 11.5 Å². The van der Waals surface area contributed by atoms with Gasteiger partial charge < -0.3 is 10.2 Å². The fraction of sp³-hybridized carbons (Fsp3) is 0. The summed E-state index contributed by atoms with van der Waals surface area (Å²) in [6.07, 6.45) is 2.61. The van der Waals surface area contributed by atoms with Crippen LogP contribution in [0, 0.1) is 0 Å². The number of hydrogen-bond acceptors (Lipinski definition) is 5. The molecule has 0 atom stereocenters. The average Bonchev–Trinajstić information content (AvgIpc) is 2.42. The zero-order chi connectivity index (χ0) is 14.5. The molecule has 0 bridgehead atoms. The first kappa shape index (κ1) is 13.8. The molecule has 0 saturated carbocycles. The normalized spacial score (nSPS) is 10.7. The molecule has 0 aliphatic rings. The number of halogens is 1. The summed E-state index contributed by atoms with van der Waals surface area (Å²) in [6.45, 7) is 0. The van der Waals surface area contributed by atoms with Gasteiger partial charge in [-0.2, -0.15) is 5.10 Å². The number of pyridine rings is 1. The van der Waals surface area contributed by atoms with Gasteiger partial charge in [0.1, 0.15) is 17.2 Å². The maximum Gasteiger partial charge on any atom is 0.289 e. The number of phenolic OH excluding ortho intramolecular Hbond substituents is 2. The molecule has 0 unspecified atom stereocenters. The first-order chi connectivity index (χ1) is 9.56. The highest BCUT2D eigenvalue weighted by Gasteiger charge is 2.06. The molecular weight excluding hydrogens is 282 g/mol. The highest BCUT2D eigenvalue weighted by atomic mass is 35.5. The Morgan fingerprint density at radius 2 is 2.10 bits per heavy atom. The van der Waals surface area contributed by atoms with Crippen molar-refractivity contribution in [3.8, 4) is 11.5 Å². The molecule has 0 aliphatic heterocycles. The summed E-state index contributed by atoms with van der Waals surface area (Å²) in [5, 5.41) is 22.8. The largest absolute Gasteiger partial charge is 0.508 e. The van der Waals surface area contributed by atoms with Crippen LogP contribution < -0.4 is 5.43 Å². The van der Waals surface area contributed by atoms with Crippen LogP contribution in [0.15, 0.2) is 41.6 Å². The summed E-state index contributed by atoms with van der Waals surface area (Å²) in [5.74, 6) is -0.628. The molecule has 2 rings (SSSR count). The molecule has 7 heteroatoms. The van der Waals surface area contributed by atoms with Crippen LogP contribution in [0.25, 0.3) is 0 Å².